The van der Waals surface area contributed by atoms with Gasteiger partial charge in [0.05, 0.1) is 18.0 Å². The number of hydrogen-bond donors (Lipinski definition) is 0. The molecule has 1 aliphatic rings. The van der Waals surface area contributed by atoms with Gasteiger partial charge in [0.25, 0.3) is 0 Å². The summed E-state index contributed by atoms with van der Waals surface area (Å²) in [6.07, 6.45) is -8.94. The number of hydrogen-bond acceptors (Lipinski definition) is 5. The van der Waals surface area contributed by atoms with E-state index in [1.807, 2.05) is 6.07 Å². The Morgan fingerprint density at radius 3 is 2.31 bits per heavy atom. The molecule has 0 aromatic heterocycles. The van der Waals surface area contributed by atoms with Gasteiger partial charge in [0.1, 0.15) is 23.1 Å². The summed E-state index contributed by atoms with van der Waals surface area (Å²) in [4.78, 5) is 12.4. The van der Waals surface area contributed by atoms with Crippen LogP contribution in [0.1, 0.15) is 25.3 Å². The van der Waals surface area contributed by atoms with Gasteiger partial charge in [-0.2, -0.15) is 27.2 Å². The fourth-order valence-corrected chi connectivity index (χ4v) is 4.72. The molecule has 0 radical (unpaired) electrons. The molecule has 3 rings (SSSR count). The molecule has 0 spiro atoms. The molecular weight excluding hydrogens is 509 g/mol. The summed E-state index contributed by atoms with van der Waals surface area (Å²) in [6.45, 7) is 0.563. The second-order valence-electron chi connectivity index (χ2n) is 8.84. The lowest BCUT2D eigenvalue weighted by molar-refractivity contribution is -0.316. The Morgan fingerprint density at radius 1 is 1.14 bits per heavy atom. The summed E-state index contributed by atoms with van der Waals surface area (Å²) in [5.74, 6) is -3.60. The van der Waals surface area contributed by atoms with Gasteiger partial charge in [-0.1, -0.05) is 61.9 Å². The topological polar surface area (TPSA) is 82.4 Å². The Hall–Kier alpha value is -3.16. The number of nitriles is 1. The average Bonchev–Trinajstić information content (AvgIpc) is 3.28. The Balaban J connectivity index is 1.96. The number of carboxylic acid groups (broad SMARTS) is 1. The van der Waals surface area contributed by atoms with Crippen LogP contribution < -0.4 is 9.84 Å². The normalized spacial score (nSPS) is 22.4. The lowest BCUT2D eigenvalue weighted by Crippen LogP contribution is -2.40. The molecule has 36 heavy (non-hydrogen) atoms. The molecule has 1 aliphatic carbocycles. The Morgan fingerprint density at radius 2 is 1.75 bits per heavy atom. The van der Waals surface area contributed by atoms with Crippen LogP contribution in [-0.4, -0.2) is 24.9 Å². The molecule has 0 N–H and O–H groups in total. The van der Waals surface area contributed by atoms with Crippen molar-refractivity contribution in [1.29, 1.82) is 5.26 Å². The lowest BCUT2D eigenvalue weighted by Gasteiger charge is -2.27. The number of carbonyl (C=O) groups is 1. The summed E-state index contributed by atoms with van der Waals surface area (Å²) in [6, 6.07) is 16.6. The van der Waals surface area contributed by atoms with Crippen molar-refractivity contribution in [1.82, 2.24) is 0 Å². The average molecular weight is 529 g/mol. The van der Waals surface area contributed by atoms with E-state index in [0.717, 1.165) is 0 Å². The van der Waals surface area contributed by atoms with Crippen LogP contribution in [-0.2, 0) is 9.53 Å². The molecule has 3 unspecified atom stereocenters. The first-order valence-corrected chi connectivity index (χ1v) is 10.9. The number of carboxylic acids is 1. The van der Waals surface area contributed by atoms with Crippen molar-refractivity contribution in [2.45, 2.75) is 32.1 Å². The summed E-state index contributed by atoms with van der Waals surface area (Å²) in [7, 11) is 0. The van der Waals surface area contributed by atoms with Crippen LogP contribution in [0.25, 0.3) is 0 Å². The summed E-state index contributed by atoms with van der Waals surface area (Å²) < 4.78 is 74.6. The number of nitrogens with zero attached hydrogens (tertiary/aromatic N) is 1. The molecule has 0 heterocycles. The first-order valence-electron chi connectivity index (χ1n) is 10.6. The van der Waals surface area contributed by atoms with Gasteiger partial charge >= 0.3 is 12.3 Å². The fraction of sp³-hybridized carbons (Fsp3) is 0.360. The highest BCUT2D eigenvalue weighted by Crippen LogP contribution is 2.75. The minimum absolute atomic E-state index is 0.218. The molecule has 2 aromatic carbocycles. The van der Waals surface area contributed by atoms with Crippen molar-refractivity contribution in [3.63, 3.8) is 0 Å². The highest BCUT2D eigenvalue weighted by Gasteiger charge is 2.75. The van der Waals surface area contributed by atoms with Crippen molar-refractivity contribution in [2.24, 2.45) is 16.7 Å². The van der Waals surface area contributed by atoms with E-state index in [9.17, 15) is 37.1 Å². The number of benzene rings is 2. The van der Waals surface area contributed by atoms with Crippen LogP contribution in [0.5, 0.6) is 11.5 Å². The smallest absolute Gasteiger partial charge is 0.412 e. The van der Waals surface area contributed by atoms with E-state index < -0.39 is 52.6 Å². The quantitative estimate of drug-likeness (QED) is 0.386. The van der Waals surface area contributed by atoms with Crippen LogP contribution in [0.2, 0.25) is 0 Å². The van der Waals surface area contributed by atoms with Crippen LogP contribution in [0.4, 0.5) is 22.0 Å². The van der Waals surface area contributed by atoms with E-state index in [4.69, 9.17) is 16.3 Å². The number of allylic oxidation sites excluding steroid dienone is 1. The van der Waals surface area contributed by atoms with E-state index in [2.05, 4.69) is 4.74 Å². The number of rotatable bonds is 9. The number of para-hydroxylation sites is 1. The zero-order valence-electron chi connectivity index (χ0n) is 19.0. The van der Waals surface area contributed by atoms with E-state index in [1.165, 1.54) is 32.0 Å². The van der Waals surface area contributed by atoms with Gasteiger partial charge in [-0.05, 0) is 41.2 Å². The zero-order valence-corrected chi connectivity index (χ0v) is 19.7. The molecule has 0 amide bonds. The Kier molecular flexibility index (Phi) is 7.40. The van der Waals surface area contributed by atoms with Crippen LogP contribution in [0.15, 0.2) is 65.7 Å². The largest absolute Gasteiger partial charge is 0.549 e. The second kappa shape index (κ2) is 9.71. The number of carbonyl (C=O) groups excluding carboxylic acids is 1. The number of alkyl halides is 5. The maximum absolute atomic E-state index is 14.1. The van der Waals surface area contributed by atoms with E-state index in [0.29, 0.717) is 17.6 Å². The van der Waals surface area contributed by atoms with E-state index in [-0.39, 0.29) is 5.56 Å². The van der Waals surface area contributed by atoms with Crippen molar-refractivity contribution >= 4 is 17.6 Å². The van der Waals surface area contributed by atoms with Gasteiger partial charge < -0.3 is 19.4 Å². The molecule has 0 aliphatic heterocycles. The Bertz CT molecular complexity index is 1190. The number of aliphatic carboxylic acids is 1. The predicted molar refractivity (Wildman–Crippen MR) is 117 cm³/mol. The maximum Gasteiger partial charge on any atom is 0.412 e. The summed E-state index contributed by atoms with van der Waals surface area (Å²) in [5.41, 5.74) is -3.13. The molecule has 0 bridgehead atoms. The minimum Gasteiger partial charge on any atom is -0.549 e. The first-order chi connectivity index (χ1) is 16.7. The molecule has 1 fully saturated rings. The standard InChI is InChI=1S/C25H21ClF5NO4/c1-22(2)19(12-20(26)25(30,31)35-14-23(27,28)29)24(22,21(33)34)18(13-32)15-7-6-10-17(11-15)36-16-8-4-3-5-9-16/h3-12,18-19H,14H2,1-2H3,(H,33,34)/p-1. The highest BCUT2D eigenvalue weighted by atomic mass is 35.5. The summed E-state index contributed by atoms with van der Waals surface area (Å²) in [5, 5.41) is 21.0. The van der Waals surface area contributed by atoms with Crippen molar-refractivity contribution in [2.75, 3.05) is 6.61 Å². The lowest BCUT2D eigenvalue weighted by atomic mass is 9.78. The molecule has 2 aromatic rings. The fourth-order valence-electron chi connectivity index (χ4n) is 4.54. The molecule has 1 saturated carbocycles. The van der Waals surface area contributed by atoms with Gasteiger partial charge in [-0.25, -0.2) is 0 Å². The van der Waals surface area contributed by atoms with Gasteiger partial charge in [0.15, 0.2) is 0 Å². The molecule has 3 atom stereocenters. The van der Waals surface area contributed by atoms with E-state index in [1.54, 1.807) is 36.4 Å². The van der Waals surface area contributed by atoms with Crippen LogP contribution in [0, 0.1) is 28.1 Å². The van der Waals surface area contributed by atoms with Crippen LogP contribution in [0.3, 0.4) is 0 Å². The third-order valence-corrected chi connectivity index (χ3v) is 6.70. The van der Waals surface area contributed by atoms with Crippen LogP contribution >= 0.6 is 11.6 Å². The molecule has 0 saturated heterocycles. The minimum atomic E-state index is -5.03. The highest BCUT2D eigenvalue weighted by molar-refractivity contribution is 6.30. The molecule has 5 nitrogen and oxygen atoms in total. The van der Waals surface area contributed by atoms with Crippen molar-refractivity contribution in [3.05, 3.63) is 71.3 Å². The molecule has 11 heteroatoms. The number of halogens is 6. The molecular formula is C25H20ClF5NO4-. The van der Waals surface area contributed by atoms with Gasteiger partial charge in [0, 0.05) is 5.41 Å². The second-order valence-corrected chi connectivity index (χ2v) is 9.25. The van der Waals surface area contributed by atoms with Gasteiger partial charge in [-0.3, -0.25) is 0 Å². The number of ether oxygens (including phenoxy) is 2. The monoisotopic (exact) mass is 528 g/mol. The first kappa shape index (κ1) is 27.4. The summed E-state index contributed by atoms with van der Waals surface area (Å²) >= 11 is 5.61. The third kappa shape index (κ3) is 5.18. The van der Waals surface area contributed by atoms with Gasteiger partial charge in [-0.15, -0.1) is 0 Å². The maximum atomic E-state index is 14.1. The Labute approximate surface area is 208 Å². The predicted octanol–water partition coefficient (Wildman–Crippen LogP) is 5.77. The van der Waals surface area contributed by atoms with Crippen molar-refractivity contribution in [3.8, 4) is 17.6 Å². The molecule has 192 valence electrons. The third-order valence-electron chi connectivity index (χ3n) is 6.35. The zero-order chi connectivity index (χ0) is 26.9. The van der Waals surface area contributed by atoms with Crippen molar-refractivity contribution < 1.29 is 41.3 Å². The SMILES string of the molecule is CC1(C)C(C=C(Cl)C(F)(F)OCC(F)(F)F)C1(C(=O)[O-])C(C#N)c1cccc(Oc2ccccc2)c1. The van der Waals surface area contributed by atoms with E-state index >= 15 is 0 Å². The van der Waals surface area contributed by atoms with Gasteiger partial charge in [0.2, 0.25) is 0 Å².